The molecule has 0 spiro atoms. The Labute approximate surface area is 166 Å². The van der Waals surface area contributed by atoms with Crippen LogP contribution < -0.4 is 5.73 Å². The van der Waals surface area contributed by atoms with Crippen LogP contribution in [0.5, 0.6) is 0 Å². The molecule has 0 saturated carbocycles. The summed E-state index contributed by atoms with van der Waals surface area (Å²) in [4.78, 5) is 5.68. The number of halogens is 3. The number of hydrogen-bond acceptors (Lipinski definition) is 3. The molecule has 2 aromatic carbocycles. The third kappa shape index (κ3) is 3.33. The summed E-state index contributed by atoms with van der Waals surface area (Å²) in [5.74, 6) is -1.26. The number of hydrogen-bond donors (Lipinski definition) is 2. The number of ether oxygens (including phenoxy) is 1. The molecule has 0 unspecified atom stereocenters. The van der Waals surface area contributed by atoms with Crippen molar-refractivity contribution in [2.75, 3.05) is 13.2 Å². The van der Waals surface area contributed by atoms with Gasteiger partial charge < -0.3 is 15.5 Å². The molecule has 3 atom stereocenters. The Balaban J connectivity index is 1.34. The minimum Gasteiger partial charge on any atom is -0.370 e. The molecule has 0 radical (unpaired) electrons. The topological polar surface area (TPSA) is 54.3 Å². The van der Waals surface area contributed by atoms with Crippen LogP contribution in [-0.2, 0) is 17.7 Å². The predicted molar refractivity (Wildman–Crippen MR) is 104 cm³/mol. The summed E-state index contributed by atoms with van der Waals surface area (Å²) >= 11 is 0. The number of H-pyrrole nitrogens is 1. The number of nitrogens with two attached hydrogens (primary N) is 1. The van der Waals surface area contributed by atoms with E-state index in [1.165, 1.54) is 6.07 Å². The molecule has 2 aliphatic heterocycles. The van der Waals surface area contributed by atoms with Gasteiger partial charge in [0, 0.05) is 53.8 Å². The van der Waals surface area contributed by atoms with Gasteiger partial charge in [-0.1, -0.05) is 0 Å². The zero-order chi connectivity index (χ0) is 20.1. The van der Waals surface area contributed by atoms with E-state index in [1.54, 1.807) is 12.1 Å². The van der Waals surface area contributed by atoms with Gasteiger partial charge in [-0.3, -0.25) is 4.90 Å². The molecule has 4 nitrogen and oxygen atoms in total. The van der Waals surface area contributed by atoms with Crippen molar-refractivity contribution in [2.24, 2.45) is 5.73 Å². The molecule has 1 saturated heterocycles. The zero-order valence-corrected chi connectivity index (χ0v) is 15.8. The van der Waals surface area contributed by atoms with E-state index in [1.807, 2.05) is 0 Å². The summed E-state index contributed by atoms with van der Waals surface area (Å²) in [6, 6.07) is 7.79. The van der Waals surface area contributed by atoms with Crippen LogP contribution in [0, 0.1) is 17.5 Å². The SMILES string of the molecule is N[C@H]1C[C@@H](N2CCc3[nH]c4ccc(F)cc4c3C2)CO[C@@H]1c1cc(F)ccc1F. The fourth-order valence-electron chi connectivity index (χ4n) is 4.67. The largest absolute Gasteiger partial charge is 0.370 e. The molecule has 2 aliphatic rings. The normalized spacial score (nSPS) is 25.3. The van der Waals surface area contributed by atoms with Crippen LogP contribution in [0.3, 0.4) is 0 Å². The van der Waals surface area contributed by atoms with E-state index in [-0.39, 0.29) is 17.4 Å². The minimum atomic E-state index is -0.663. The second-order valence-corrected chi connectivity index (χ2v) is 7.97. The zero-order valence-electron chi connectivity index (χ0n) is 15.8. The summed E-state index contributed by atoms with van der Waals surface area (Å²) in [5.41, 5.74) is 9.68. The Morgan fingerprint density at radius 1 is 1.07 bits per heavy atom. The highest BCUT2D eigenvalue weighted by atomic mass is 19.1. The molecule has 3 heterocycles. The molecule has 7 heteroatoms. The molecule has 0 aliphatic carbocycles. The highest BCUT2D eigenvalue weighted by molar-refractivity contribution is 5.85. The van der Waals surface area contributed by atoms with Crippen molar-refractivity contribution < 1.29 is 17.9 Å². The van der Waals surface area contributed by atoms with E-state index in [0.717, 1.165) is 53.3 Å². The monoisotopic (exact) mass is 401 g/mol. The Morgan fingerprint density at radius 2 is 1.86 bits per heavy atom. The van der Waals surface area contributed by atoms with Gasteiger partial charge in [-0.15, -0.1) is 0 Å². The minimum absolute atomic E-state index is 0.0736. The molecule has 152 valence electrons. The summed E-state index contributed by atoms with van der Waals surface area (Å²) < 4.78 is 47.3. The van der Waals surface area contributed by atoms with Crippen molar-refractivity contribution in [3.8, 4) is 0 Å². The molecule has 3 aromatic rings. The summed E-state index contributed by atoms with van der Waals surface area (Å²) in [5, 5.41) is 0.908. The maximum atomic E-state index is 14.1. The molecule has 0 amide bonds. The van der Waals surface area contributed by atoms with E-state index >= 15 is 0 Å². The number of aromatic nitrogens is 1. The molecular weight excluding hydrogens is 379 g/mol. The van der Waals surface area contributed by atoms with Gasteiger partial charge in [-0.25, -0.2) is 13.2 Å². The van der Waals surface area contributed by atoms with Crippen LogP contribution >= 0.6 is 0 Å². The van der Waals surface area contributed by atoms with Gasteiger partial charge in [0.1, 0.15) is 23.6 Å². The number of benzene rings is 2. The van der Waals surface area contributed by atoms with Gasteiger partial charge in [0.05, 0.1) is 6.61 Å². The summed E-state index contributed by atoms with van der Waals surface area (Å²) in [6.07, 6.45) is 0.788. The number of nitrogens with one attached hydrogen (secondary N) is 1. The van der Waals surface area contributed by atoms with Crippen molar-refractivity contribution in [1.29, 1.82) is 0 Å². The van der Waals surface area contributed by atoms with E-state index < -0.39 is 23.8 Å². The lowest BCUT2D eigenvalue weighted by atomic mass is 9.92. The first-order chi connectivity index (χ1) is 14.0. The number of fused-ring (bicyclic) bond motifs is 3. The fourth-order valence-corrected chi connectivity index (χ4v) is 4.67. The molecule has 3 N–H and O–H groups in total. The van der Waals surface area contributed by atoms with Gasteiger partial charge in [0.15, 0.2) is 0 Å². The first kappa shape index (κ1) is 18.7. The van der Waals surface area contributed by atoms with Gasteiger partial charge >= 0.3 is 0 Å². The Morgan fingerprint density at radius 3 is 2.69 bits per heavy atom. The third-order valence-electron chi connectivity index (χ3n) is 6.15. The van der Waals surface area contributed by atoms with Crippen LogP contribution in [0.4, 0.5) is 13.2 Å². The molecular formula is C22H22F3N3O. The van der Waals surface area contributed by atoms with Crippen LogP contribution in [-0.4, -0.2) is 35.1 Å². The Hall–Kier alpha value is -2.35. The molecule has 1 aromatic heterocycles. The van der Waals surface area contributed by atoms with Gasteiger partial charge in [0.25, 0.3) is 0 Å². The number of rotatable bonds is 2. The standard InChI is InChI=1S/C22H22F3N3O/c23-12-1-3-18(25)16(8-12)22-19(26)9-14(11-29-22)28-6-5-21-17(10-28)15-7-13(24)2-4-20(15)27-21/h1-4,7-8,14,19,22,27H,5-6,9-11,26H2/t14-,19+,22-/m1/s1. The Kier molecular flexibility index (Phi) is 4.61. The fraction of sp³-hybridized carbons (Fsp3) is 0.364. The summed E-state index contributed by atoms with van der Waals surface area (Å²) in [6.45, 7) is 1.90. The van der Waals surface area contributed by atoms with Crippen molar-refractivity contribution >= 4 is 10.9 Å². The second kappa shape index (κ2) is 7.16. The van der Waals surface area contributed by atoms with E-state index in [0.29, 0.717) is 19.6 Å². The average molecular weight is 401 g/mol. The second-order valence-electron chi connectivity index (χ2n) is 7.97. The molecule has 5 rings (SSSR count). The van der Waals surface area contributed by atoms with E-state index in [2.05, 4.69) is 9.88 Å². The van der Waals surface area contributed by atoms with Gasteiger partial charge in [0.2, 0.25) is 0 Å². The number of nitrogens with zero attached hydrogens (tertiary/aromatic N) is 1. The summed E-state index contributed by atoms with van der Waals surface area (Å²) in [7, 11) is 0. The van der Waals surface area contributed by atoms with Crippen LogP contribution in [0.1, 0.15) is 29.3 Å². The maximum absolute atomic E-state index is 14.1. The molecule has 0 bridgehead atoms. The lowest BCUT2D eigenvalue weighted by Gasteiger charge is -2.41. The van der Waals surface area contributed by atoms with Crippen molar-refractivity contribution in [3.63, 3.8) is 0 Å². The average Bonchev–Trinajstić information content (AvgIpc) is 3.07. The van der Waals surface area contributed by atoms with Crippen LogP contribution in [0.15, 0.2) is 36.4 Å². The third-order valence-corrected chi connectivity index (χ3v) is 6.15. The van der Waals surface area contributed by atoms with Crippen molar-refractivity contribution in [2.45, 2.75) is 37.6 Å². The van der Waals surface area contributed by atoms with E-state index in [9.17, 15) is 13.2 Å². The lowest BCUT2D eigenvalue weighted by Crippen LogP contribution is -2.50. The molecule has 1 fully saturated rings. The number of aromatic amines is 1. The highest BCUT2D eigenvalue weighted by Crippen LogP contribution is 2.34. The first-order valence-corrected chi connectivity index (χ1v) is 9.85. The quantitative estimate of drug-likeness (QED) is 0.687. The van der Waals surface area contributed by atoms with Gasteiger partial charge in [-0.05, 0) is 48.4 Å². The molecule has 29 heavy (non-hydrogen) atoms. The van der Waals surface area contributed by atoms with Crippen LogP contribution in [0.25, 0.3) is 10.9 Å². The highest BCUT2D eigenvalue weighted by Gasteiger charge is 2.36. The van der Waals surface area contributed by atoms with Crippen molar-refractivity contribution in [3.05, 3.63) is 70.7 Å². The van der Waals surface area contributed by atoms with Gasteiger partial charge in [-0.2, -0.15) is 0 Å². The maximum Gasteiger partial charge on any atom is 0.129 e. The first-order valence-electron chi connectivity index (χ1n) is 9.85. The van der Waals surface area contributed by atoms with Crippen LogP contribution in [0.2, 0.25) is 0 Å². The van der Waals surface area contributed by atoms with Crippen molar-refractivity contribution in [1.82, 2.24) is 9.88 Å². The van der Waals surface area contributed by atoms with E-state index in [4.69, 9.17) is 10.5 Å². The lowest BCUT2D eigenvalue weighted by molar-refractivity contribution is -0.0547. The smallest absolute Gasteiger partial charge is 0.129 e. The Bertz CT molecular complexity index is 1070. The predicted octanol–water partition coefficient (Wildman–Crippen LogP) is 3.80.